The number of likely N-dealkylation sites (N-methyl/N-ethyl adjacent to an activating group) is 1. The fourth-order valence-electron chi connectivity index (χ4n) is 4.11. The van der Waals surface area contributed by atoms with Crippen molar-refractivity contribution in [1.82, 2.24) is 9.80 Å². The zero-order valence-electron chi connectivity index (χ0n) is 14.9. The molecule has 0 amide bonds. The maximum absolute atomic E-state index is 10.3. The van der Waals surface area contributed by atoms with Gasteiger partial charge in [0.15, 0.2) is 0 Å². The van der Waals surface area contributed by atoms with Crippen LogP contribution in [0.1, 0.15) is 55.6 Å². The van der Waals surface area contributed by atoms with Crippen molar-refractivity contribution in [3.05, 3.63) is 28.3 Å². The van der Waals surface area contributed by atoms with E-state index in [1.165, 1.54) is 37.7 Å². The van der Waals surface area contributed by atoms with Crippen molar-refractivity contribution in [1.29, 1.82) is 0 Å². The Bertz CT molecular complexity index is 535. The molecule has 1 N–H and O–H groups in total. The molecule has 2 aliphatic rings. The molecule has 134 valence electrons. The minimum atomic E-state index is 0.301. The summed E-state index contributed by atoms with van der Waals surface area (Å²) in [5, 5.41) is 10.9. The predicted molar refractivity (Wildman–Crippen MR) is 101 cm³/mol. The first-order valence-corrected chi connectivity index (χ1v) is 9.93. The van der Waals surface area contributed by atoms with Crippen molar-refractivity contribution in [2.45, 2.75) is 50.9 Å². The lowest BCUT2D eigenvalue weighted by atomic mass is 9.83. The Hall–Kier alpha value is -0.770. The van der Waals surface area contributed by atoms with Crippen LogP contribution in [0.25, 0.3) is 0 Å². The second kappa shape index (κ2) is 8.55. The molecule has 0 aromatic heterocycles. The summed E-state index contributed by atoms with van der Waals surface area (Å²) in [6.07, 6.45) is 8.54. The highest BCUT2D eigenvalue weighted by atomic mass is 35.5. The number of aromatic hydroxyl groups is 1. The number of nitrogens with zero attached hydrogens (tertiary/aromatic N) is 2. The van der Waals surface area contributed by atoms with Crippen molar-refractivity contribution in [2.24, 2.45) is 0 Å². The van der Waals surface area contributed by atoms with Gasteiger partial charge in [-0.2, -0.15) is 0 Å². The normalized spacial score (nSPS) is 21.2. The van der Waals surface area contributed by atoms with Crippen LogP contribution in [0.3, 0.4) is 0 Å². The Morgan fingerprint density at radius 2 is 1.79 bits per heavy atom. The van der Waals surface area contributed by atoms with Crippen LogP contribution in [0.15, 0.2) is 12.1 Å². The Morgan fingerprint density at radius 3 is 2.50 bits per heavy atom. The molecule has 1 aromatic carbocycles. The topological polar surface area (TPSA) is 26.7 Å². The van der Waals surface area contributed by atoms with Gasteiger partial charge >= 0.3 is 0 Å². The molecular formula is C20H31ClN2O. The maximum atomic E-state index is 10.3. The van der Waals surface area contributed by atoms with Crippen LogP contribution in [0.4, 0.5) is 0 Å². The Labute approximate surface area is 151 Å². The summed E-state index contributed by atoms with van der Waals surface area (Å²) in [7, 11) is 2.19. The van der Waals surface area contributed by atoms with Crippen LogP contribution in [0, 0.1) is 0 Å². The average molecular weight is 351 g/mol. The van der Waals surface area contributed by atoms with Gasteiger partial charge in [-0.1, -0.05) is 36.9 Å². The van der Waals surface area contributed by atoms with E-state index < -0.39 is 0 Å². The molecule has 1 aliphatic heterocycles. The molecule has 3 rings (SSSR count). The molecule has 1 saturated carbocycles. The molecule has 1 saturated heterocycles. The van der Waals surface area contributed by atoms with E-state index in [1.807, 2.05) is 6.07 Å². The van der Waals surface area contributed by atoms with Gasteiger partial charge in [-0.15, -0.1) is 0 Å². The third kappa shape index (κ3) is 4.65. The number of aryl methyl sites for hydroxylation is 1. The monoisotopic (exact) mass is 350 g/mol. The molecule has 0 spiro atoms. The Kier molecular flexibility index (Phi) is 6.43. The summed E-state index contributed by atoms with van der Waals surface area (Å²) < 4.78 is 0. The highest BCUT2D eigenvalue weighted by molar-refractivity contribution is 6.32. The zero-order valence-corrected chi connectivity index (χ0v) is 15.7. The van der Waals surface area contributed by atoms with Gasteiger partial charge in [-0.3, -0.25) is 0 Å². The van der Waals surface area contributed by atoms with Crippen molar-refractivity contribution in [2.75, 3.05) is 39.8 Å². The van der Waals surface area contributed by atoms with Crippen molar-refractivity contribution < 1.29 is 5.11 Å². The number of hydrogen-bond acceptors (Lipinski definition) is 3. The highest BCUT2D eigenvalue weighted by Gasteiger charge is 2.19. The molecule has 0 radical (unpaired) electrons. The molecule has 1 aliphatic carbocycles. The number of benzene rings is 1. The lowest BCUT2D eigenvalue weighted by Crippen LogP contribution is -2.44. The summed E-state index contributed by atoms with van der Waals surface area (Å²) >= 11 is 6.32. The van der Waals surface area contributed by atoms with E-state index in [9.17, 15) is 5.11 Å². The van der Waals surface area contributed by atoms with Crippen LogP contribution >= 0.6 is 11.6 Å². The SMILES string of the molecule is CN1CCN(CCCc2cc(C3CCCCC3)cc(Cl)c2O)CC1. The number of phenolic OH excluding ortho intramolecular Hbond substituents is 1. The van der Waals surface area contributed by atoms with E-state index in [0.29, 0.717) is 16.7 Å². The van der Waals surface area contributed by atoms with Gasteiger partial charge in [0, 0.05) is 26.2 Å². The maximum Gasteiger partial charge on any atom is 0.137 e. The van der Waals surface area contributed by atoms with Crippen LogP contribution in [-0.4, -0.2) is 54.7 Å². The fourth-order valence-corrected chi connectivity index (χ4v) is 4.35. The standard InChI is InChI=1S/C20H31ClN2O/c1-22-10-12-23(13-11-22)9-5-8-17-14-18(15-19(21)20(17)24)16-6-3-2-4-7-16/h14-16,24H,2-13H2,1H3. The molecule has 2 fully saturated rings. The average Bonchev–Trinajstić information content (AvgIpc) is 2.61. The number of rotatable bonds is 5. The van der Waals surface area contributed by atoms with Gasteiger partial charge in [-0.05, 0) is 62.4 Å². The lowest BCUT2D eigenvalue weighted by Gasteiger charge is -2.32. The van der Waals surface area contributed by atoms with Crippen LogP contribution in [-0.2, 0) is 6.42 Å². The van der Waals surface area contributed by atoms with Crippen molar-refractivity contribution >= 4 is 11.6 Å². The molecule has 1 heterocycles. The Morgan fingerprint density at radius 1 is 1.08 bits per heavy atom. The van der Waals surface area contributed by atoms with Crippen molar-refractivity contribution in [3.63, 3.8) is 0 Å². The smallest absolute Gasteiger partial charge is 0.137 e. The fraction of sp³-hybridized carbons (Fsp3) is 0.700. The van der Waals surface area contributed by atoms with E-state index in [-0.39, 0.29) is 0 Å². The minimum Gasteiger partial charge on any atom is -0.506 e. The van der Waals surface area contributed by atoms with Crippen LogP contribution in [0.2, 0.25) is 5.02 Å². The molecule has 24 heavy (non-hydrogen) atoms. The van der Waals surface area contributed by atoms with Gasteiger partial charge in [0.25, 0.3) is 0 Å². The Balaban J connectivity index is 1.58. The van der Waals surface area contributed by atoms with Gasteiger partial charge in [-0.25, -0.2) is 0 Å². The number of piperazine rings is 1. The second-order valence-corrected chi connectivity index (χ2v) is 8.00. The van der Waals surface area contributed by atoms with Gasteiger partial charge < -0.3 is 14.9 Å². The van der Waals surface area contributed by atoms with E-state index in [2.05, 4.69) is 22.9 Å². The minimum absolute atomic E-state index is 0.301. The second-order valence-electron chi connectivity index (χ2n) is 7.59. The summed E-state index contributed by atoms with van der Waals surface area (Å²) in [4.78, 5) is 4.92. The van der Waals surface area contributed by atoms with E-state index >= 15 is 0 Å². The molecule has 0 bridgehead atoms. The highest BCUT2D eigenvalue weighted by Crippen LogP contribution is 2.38. The third-order valence-corrected chi connectivity index (χ3v) is 6.05. The van der Waals surface area contributed by atoms with Crippen molar-refractivity contribution in [3.8, 4) is 5.75 Å². The lowest BCUT2D eigenvalue weighted by molar-refractivity contribution is 0.153. The quantitative estimate of drug-likeness (QED) is 0.858. The van der Waals surface area contributed by atoms with Gasteiger partial charge in [0.1, 0.15) is 5.75 Å². The first-order chi connectivity index (χ1) is 11.6. The van der Waals surface area contributed by atoms with Gasteiger partial charge in [0.05, 0.1) is 5.02 Å². The van der Waals surface area contributed by atoms with Crippen LogP contribution < -0.4 is 0 Å². The summed E-state index contributed by atoms with van der Waals surface area (Å²) in [5.41, 5.74) is 2.38. The molecule has 0 unspecified atom stereocenters. The zero-order chi connectivity index (χ0) is 16.9. The number of phenols is 1. The molecule has 0 atom stereocenters. The van der Waals surface area contributed by atoms with E-state index in [4.69, 9.17) is 11.6 Å². The molecular weight excluding hydrogens is 320 g/mol. The largest absolute Gasteiger partial charge is 0.506 e. The number of hydrogen-bond donors (Lipinski definition) is 1. The van der Waals surface area contributed by atoms with Crippen LogP contribution in [0.5, 0.6) is 5.75 Å². The third-order valence-electron chi connectivity index (χ3n) is 5.76. The summed E-state index contributed by atoms with van der Waals surface area (Å²) in [6, 6.07) is 4.22. The predicted octanol–water partition coefficient (Wildman–Crippen LogP) is 4.27. The van der Waals surface area contributed by atoms with E-state index in [0.717, 1.165) is 51.1 Å². The van der Waals surface area contributed by atoms with E-state index in [1.54, 1.807) is 0 Å². The molecule has 1 aromatic rings. The van der Waals surface area contributed by atoms with Gasteiger partial charge in [0.2, 0.25) is 0 Å². The first-order valence-electron chi connectivity index (χ1n) is 9.55. The summed E-state index contributed by atoms with van der Waals surface area (Å²) in [6.45, 7) is 5.75. The first kappa shape index (κ1) is 18.0. The summed E-state index contributed by atoms with van der Waals surface area (Å²) in [5.74, 6) is 0.933. The molecule has 3 nitrogen and oxygen atoms in total. The number of halogens is 1. The molecule has 4 heteroatoms.